The fourth-order valence-electron chi connectivity index (χ4n) is 2.96. The van der Waals surface area contributed by atoms with E-state index in [1.165, 1.54) is 6.07 Å². The largest absolute Gasteiger partial charge is 0.366 e. The second-order valence-electron chi connectivity index (χ2n) is 6.00. The Labute approximate surface area is 136 Å². The average Bonchev–Trinajstić information content (AvgIpc) is 2.52. The number of piperidine rings is 1. The lowest BCUT2D eigenvalue weighted by molar-refractivity contribution is -0.384. The number of hydrogen-bond donors (Lipinski definition) is 1. The van der Waals surface area contributed by atoms with Gasteiger partial charge in [0.15, 0.2) is 9.84 Å². The van der Waals surface area contributed by atoms with Crippen LogP contribution in [0, 0.1) is 16.0 Å². The Morgan fingerprint density at radius 1 is 1.35 bits per heavy atom. The molecule has 2 rings (SSSR count). The first kappa shape index (κ1) is 17.7. The molecule has 1 aliphatic heterocycles. The summed E-state index contributed by atoms with van der Waals surface area (Å²) in [5.74, 6) is 0.632. The highest BCUT2D eigenvalue weighted by Crippen LogP contribution is 2.33. The van der Waals surface area contributed by atoms with E-state index in [1.54, 1.807) is 6.07 Å². The van der Waals surface area contributed by atoms with Crippen molar-refractivity contribution in [2.75, 3.05) is 37.8 Å². The highest BCUT2D eigenvalue weighted by Gasteiger charge is 2.26. The van der Waals surface area contributed by atoms with Crippen molar-refractivity contribution in [3.63, 3.8) is 0 Å². The number of nitro benzene ring substituents is 1. The van der Waals surface area contributed by atoms with Gasteiger partial charge in [0.1, 0.15) is 5.69 Å². The van der Waals surface area contributed by atoms with Gasteiger partial charge in [0.25, 0.3) is 5.69 Å². The molecule has 7 nitrogen and oxygen atoms in total. The summed E-state index contributed by atoms with van der Waals surface area (Å²) in [6.07, 6.45) is 4.15. The van der Waals surface area contributed by atoms with Gasteiger partial charge in [-0.2, -0.15) is 0 Å². The topological polar surface area (TPSA) is 92.6 Å². The molecule has 1 heterocycles. The van der Waals surface area contributed by atoms with Gasteiger partial charge in [-0.25, -0.2) is 8.42 Å². The second-order valence-corrected chi connectivity index (χ2v) is 8.02. The van der Waals surface area contributed by atoms with E-state index in [0.717, 1.165) is 51.2 Å². The van der Waals surface area contributed by atoms with Crippen LogP contribution in [0.25, 0.3) is 0 Å². The molecule has 1 aromatic carbocycles. The molecule has 0 saturated carbocycles. The first-order chi connectivity index (χ1) is 10.8. The normalized spacial score (nSPS) is 16.5. The highest BCUT2D eigenvalue weighted by molar-refractivity contribution is 7.90. The van der Waals surface area contributed by atoms with Gasteiger partial charge < -0.3 is 10.2 Å². The maximum atomic E-state index is 11.6. The molecule has 0 aliphatic carbocycles. The number of hydrogen-bond acceptors (Lipinski definition) is 6. The number of nitrogens with one attached hydrogen (secondary N) is 1. The summed E-state index contributed by atoms with van der Waals surface area (Å²) in [6.45, 7) is 2.49. The van der Waals surface area contributed by atoms with Crippen molar-refractivity contribution >= 4 is 21.2 Å². The molecule has 1 fully saturated rings. The van der Waals surface area contributed by atoms with Crippen molar-refractivity contribution in [3.8, 4) is 0 Å². The zero-order valence-electron chi connectivity index (χ0n) is 13.5. The van der Waals surface area contributed by atoms with Gasteiger partial charge in [0.05, 0.1) is 9.82 Å². The molecule has 0 aromatic heterocycles. The molecular formula is C15H23N3O4S. The van der Waals surface area contributed by atoms with E-state index in [9.17, 15) is 18.5 Å². The van der Waals surface area contributed by atoms with Crippen molar-refractivity contribution in [3.05, 3.63) is 28.3 Å². The van der Waals surface area contributed by atoms with E-state index < -0.39 is 14.8 Å². The van der Waals surface area contributed by atoms with Crippen LogP contribution in [0.1, 0.15) is 19.3 Å². The van der Waals surface area contributed by atoms with Gasteiger partial charge in [-0.3, -0.25) is 10.1 Å². The Balaban J connectivity index is 2.19. The smallest absolute Gasteiger partial charge is 0.293 e. The molecular weight excluding hydrogens is 318 g/mol. The predicted octanol–water partition coefficient (Wildman–Crippen LogP) is 1.82. The summed E-state index contributed by atoms with van der Waals surface area (Å²) in [5, 5.41) is 14.5. The SMILES string of the molecule is CNCCC1CCN(c2ccc(S(C)(=O)=O)cc2[N+](=O)[O-])CC1. The Morgan fingerprint density at radius 2 is 2.00 bits per heavy atom. The molecule has 0 unspecified atom stereocenters. The fraction of sp³-hybridized carbons (Fsp3) is 0.600. The number of benzene rings is 1. The summed E-state index contributed by atoms with van der Waals surface area (Å²) in [7, 11) is -1.52. The number of anilines is 1. The van der Waals surface area contributed by atoms with Gasteiger partial charge in [-0.05, 0) is 50.9 Å². The number of nitro groups is 1. The Bertz CT molecular complexity index is 667. The average molecular weight is 341 g/mol. The van der Waals surface area contributed by atoms with Gasteiger partial charge in [-0.1, -0.05) is 0 Å². The summed E-state index contributed by atoms with van der Waals surface area (Å²) < 4.78 is 23.2. The van der Waals surface area contributed by atoms with Crippen molar-refractivity contribution in [1.29, 1.82) is 0 Å². The minimum absolute atomic E-state index is 0.0168. The van der Waals surface area contributed by atoms with Crippen LogP contribution in [0.3, 0.4) is 0 Å². The molecule has 0 atom stereocenters. The minimum atomic E-state index is -3.46. The maximum absolute atomic E-state index is 11.6. The Hall–Kier alpha value is -1.67. The number of rotatable bonds is 6. The lowest BCUT2D eigenvalue weighted by atomic mass is 9.93. The third-order valence-electron chi connectivity index (χ3n) is 4.33. The molecule has 0 amide bonds. The third kappa shape index (κ3) is 4.42. The quantitative estimate of drug-likeness (QED) is 0.627. The molecule has 1 aliphatic rings. The van der Waals surface area contributed by atoms with Crippen LogP contribution in [0.15, 0.2) is 23.1 Å². The van der Waals surface area contributed by atoms with Crippen LogP contribution < -0.4 is 10.2 Å². The second kappa shape index (κ2) is 7.27. The zero-order valence-corrected chi connectivity index (χ0v) is 14.3. The van der Waals surface area contributed by atoms with Gasteiger partial charge in [-0.15, -0.1) is 0 Å². The van der Waals surface area contributed by atoms with E-state index in [2.05, 4.69) is 5.32 Å². The van der Waals surface area contributed by atoms with Gasteiger partial charge >= 0.3 is 0 Å². The Kier molecular flexibility index (Phi) is 5.59. The van der Waals surface area contributed by atoms with Gasteiger partial charge in [0, 0.05) is 25.4 Å². The first-order valence-corrected chi connectivity index (χ1v) is 9.60. The summed E-state index contributed by atoms with van der Waals surface area (Å²) in [4.78, 5) is 12.8. The molecule has 1 aromatic rings. The zero-order chi connectivity index (χ0) is 17.0. The fourth-order valence-corrected chi connectivity index (χ4v) is 3.60. The van der Waals surface area contributed by atoms with E-state index in [4.69, 9.17) is 0 Å². The van der Waals surface area contributed by atoms with Crippen LogP contribution in [0.2, 0.25) is 0 Å². The van der Waals surface area contributed by atoms with Crippen LogP contribution in [0.5, 0.6) is 0 Å². The van der Waals surface area contributed by atoms with Crippen molar-refractivity contribution < 1.29 is 13.3 Å². The number of sulfone groups is 1. The van der Waals surface area contributed by atoms with Crippen molar-refractivity contribution in [1.82, 2.24) is 5.32 Å². The van der Waals surface area contributed by atoms with E-state index >= 15 is 0 Å². The van der Waals surface area contributed by atoms with E-state index in [-0.39, 0.29) is 10.6 Å². The highest BCUT2D eigenvalue weighted by atomic mass is 32.2. The number of nitrogens with zero attached hydrogens (tertiary/aromatic N) is 2. The monoisotopic (exact) mass is 341 g/mol. The van der Waals surface area contributed by atoms with E-state index in [1.807, 2.05) is 11.9 Å². The van der Waals surface area contributed by atoms with Crippen LogP contribution in [-0.4, -0.2) is 46.3 Å². The molecule has 1 N–H and O–H groups in total. The summed E-state index contributed by atoms with van der Waals surface area (Å²) in [6, 6.07) is 4.17. The van der Waals surface area contributed by atoms with Crippen molar-refractivity contribution in [2.24, 2.45) is 5.92 Å². The lowest BCUT2D eigenvalue weighted by Gasteiger charge is -2.33. The molecule has 0 radical (unpaired) electrons. The van der Waals surface area contributed by atoms with Crippen LogP contribution in [-0.2, 0) is 9.84 Å². The summed E-state index contributed by atoms with van der Waals surface area (Å²) in [5.41, 5.74) is 0.371. The van der Waals surface area contributed by atoms with E-state index in [0.29, 0.717) is 11.6 Å². The van der Waals surface area contributed by atoms with Crippen LogP contribution in [0.4, 0.5) is 11.4 Å². The Morgan fingerprint density at radius 3 is 2.52 bits per heavy atom. The molecule has 128 valence electrons. The minimum Gasteiger partial charge on any atom is -0.366 e. The first-order valence-electron chi connectivity index (χ1n) is 7.71. The predicted molar refractivity (Wildman–Crippen MR) is 89.7 cm³/mol. The standard InChI is InChI=1S/C15H23N3O4S/c1-16-8-5-12-6-9-17(10-7-12)14-4-3-13(23(2,21)22)11-15(14)18(19)20/h3-4,11-12,16H,5-10H2,1-2H3. The molecule has 0 bridgehead atoms. The molecule has 0 spiro atoms. The molecule has 1 saturated heterocycles. The molecule has 23 heavy (non-hydrogen) atoms. The van der Waals surface area contributed by atoms with Gasteiger partial charge in [0.2, 0.25) is 0 Å². The van der Waals surface area contributed by atoms with Crippen molar-refractivity contribution in [2.45, 2.75) is 24.2 Å². The third-order valence-corrected chi connectivity index (χ3v) is 5.44. The maximum Gasteiger partial charge on any atom is 0.293 e. The van der Waals surface area contributed by atoms with Crippen LogP contribution >= 0.6 is 0 Å². The summed E-state index contributed by atoms with van der Waals surface area (Å²) >= 11 is 0. The molecule has 8 heteroatoms. The lowest BCUT2D eigenvalue weighted by Crippen LogP contribution is -2.34.